The van der Waals surface area contributed by atoms with Crippen molar-refractivity contribution < 1.29 is 13.2 Å². The van der Waals surface area contributed by atoms with Crippen LogP contribution in [0.25, 0.3) is 0 Å². The molecule has 3 rings (SSSR count). The third kappa shape index (κ3) is 4.14. The molecule has 0 aliphatic carbocycles. The van der Waals surface area contributed by atoms with Crippen molar-refractivity contribution in [3.63, 3.8) is 0 Å². The van der Waals surface area contributed by atoms with Crippen LogP contribution in [-0.4, -0.2) is 36.0 Å². The molecular weight excluding hydrogens is 413 g/mol. The highest BCUT2D eigenvalue weighted by Crippen LogP contribution is 2.32. The third-order valence-corrected chi connectivity index (χ3v) is 8.09. The summed E-state index contributed by atoms with van der Waals surface area (Å²) >= 11 is 13.5. The van der Waals surface area contributed by atoms with Gasteiger partial charge in [-0.1, -0.05) is 23.2 Å². The number of carbonyl (C=O) groups is 1. The van der Waals surface area contributed by atoms with Crippen molar-refractivity contribution in [2.75, 3.05) is 17.3 Å². The molecule has 2 heterocycles. The Hall–Kier alpha value is -0.950. The molecule has 26 heavy (non-hydrogen) atoms. The Kier molecular flexibility index (Phi) is 5.78. The quantitative estimate of drug-likeness (QED) is 0.506. The maximum absolute atomic E-state index is 12.7. The number of aromatic nitrogens is 1. The Labute approximate surface area is 167 Å². The lowest BCUT2D eigenvalue weighted by Crippen LogP contribution is -2.14. The number of aryl methyl sites for hydroxylation is 1. The largest absolute Gasteiger partial charge is 0.344 e. The van der Waals surface area contributed by atoms with E-state index in [2.05, 4.69) is 0 Å². The molecule has 2 aromatic rings. The van der Waals surface area contributed by atoms with Crippen molar-refractivity contribution in [3.05, 3.63) is 51.3 Å². The molecule has 8 heteroatoms. The molecule has 0 saturated carbocycles. The average Bonchev–Trinajstić information content (AvgIpc) is 3.06. The van der Waals surface area contributed by atoms with E-state index < -0.39 is 9.84 Å². The number of halogens is 2. The van der Waals surface area contributed by atoms with Gasteiger partial charge in [-0.2, -0.15) is 0 Å². The summed E-state index contributed by atoms with van der Waals surface area (Å²) < 4.78 is 25.6. The first kappa shape index (κ1) is 19.8. The van der Waals surface area contributed by atoms with Crippen LogP contribution in [0.4, 0.5) is 0 Å². The van der Waals surface area contributed by atoms with Gasteiger partial charge >= 0.3 is 0 Å². The molecule has 1 aromatic heterocycles. The first-order chi connectivity index (χ1) is 12.2. The number of Topliss-reactive ketones (excluding diaryl/α,β-unsaturated/α-hetero) is 1. The minimum Gasteiger partial charge on any atom is -0.344 e. The number of rotatable bonds is 5. The number of nitrogens with zero attached hydrogens (tertiary/aromatic N) is 1. The van der Waals surface area contributed by atoms with Crippen molar-refractivity contribution in [3.8, 4) is 0 Å². The number of thioether (sulfide) groups is 1. The zero-order chi connectivity index (χ0) is 19.1. The second-order valence-corrected chi connectivity index (χ2v) is 10.6. The predicted molar refractivity (Wildman–Crippen MR) is 108 cm³/mol. The second kappa shape index (κ2) is 7.58. The second-order valence-electron chi connectivity index (χ2n) is 6.50. The summed E-state index contributed by atoms with van der Waals surface area (Å²) in [5.74, 6) is 0.587. The Bertz CT molecular complexity index is 967. The highest BCUT2D eigenvalue weighted by atomic mass is 35.5. The first-order valence-corrected chi connectivity index (χ1v) is 11.7. The smallest absolute Gasteiger partial charge is 0.174 e. The summed E-state index contributed by atoms with van der Waals surface area (Å²) in [6.07, 6.45) is 0.596. The van der Waals surface area contributed by atoms with Crippen LogP contribution in [0.2, 0.25) is 10.0 Å². The highest BCUT2D eigenvalue weighted by molar-refractivity contribution is 8.00. The van der Waals surface area contributed by atoms with Crippen molar-refractivity contribution in [2.24, 2.45) is 0 Å². The van der Waals surface area contributed by atoms with E-state index in [1.54, 1.807) is 18.2 Å². The van der Waals surface area contributed by atoms with Gasteiger partial charge in [-0.05, 0) is 44.5 Å². The third-order valence-electron chi connectivity index (χ3n) is 4.61. The first-order valence-electron chi connectivity index (χ1n) is 8.18. The standard InChI is InChI=1S/C18H19Cl2NO3S2/c1-11-7-15(12(2)21(11)14-5-6-26(23,24)10-14)17(22)9-25-18-8-13(19)3-4-16(18)20/h3-4,7-8,14H,5-6,9-10H2,1-2H3. The molecule has 4 nitrogen and oxygen atoms in total. The highest BCUT2D eigenvalue weighted by Gasteiger charge is 2.31. The molecule has 1 aliphatic rings. The topological polar surface area (TPSA) is 56.1 Å². The zero-order valence-corrected chi connectivity index (χ0v) is 17.6. The van der Waals surface area contributed by atoms with E-state index in [4.69, 9.17) is 23.2 Å². The number of ketones is 1. The van der Waals surface area contributed by atoms with Gasteiger partial charge in [-0.3, -0.25) is 4.79 Å². The number of sulfone groups is 1. The molecule has 1 atom stereocenters. The lowest BCUT2D eigenvalue weighted by Gasteiger charge is -2.16. The van der Waals surface area contributed by atoms with Crippen LogP contribution in [0.15, 0.2) is 29.2 Å². The van der Waals surface area contributed by atoms with Gasteiger partial charge in [0.15, 0.2) is 15.6 Å². The monoisotopic (exact) mass is 431 g/mol. The summed E-state index contributed by atoms with van der Waals surface area (Å²) in [6, 6.07) is 6.93. The van der Waals surface area contributed by atoms with Crippen LogP contribution in [0.1, 0.15) is 34.2 Å². The van der Waals surface area contributed by atoms with Gasteiger partial charge in [0.1, 0.15) is 0 Å². The van der Waals surface area contributed by atoms with Crippen molar-refractivity contribution in [1.82, 2.24) is 4.57 Å². The van der Waals surface area contributed by atoms with Crippen LogP contribution in [0.5, 0.6) is 0 Å². The summed E-state index contributed by atoms with van der Waals surface area (Å²) in [4.78, 5) is 13.5. The van der Waals surface area contributed by atoms with Gasteiger partial charge in [-0.15, -0.1) is 11.8 Å². The van der Waals surface area contributed by atoms with Gasteiger partial charge in [0.2, 0.25) is 0 Å². The molecule has 0 amide bonds. The molecule has 140 valence electrons. The minimum absolute atomic E-state index is 0.00811. The SMILES string of the molecule is Cc1cc(C(=O)CSc2cc(Cl)ccc2Cl)c(C)n1C1CCS(=O)(=O)C1. The summed E-state index contributed by atoms with van der Waals surface area (Å²) in [5.41, 5.74) is 2.38. The Balaban J connectivity index is 1.78. The van der Waals surface area contributed by atoms with E-state index in [9.17, 15) is 13.2 Å². The summed E-state index contributed by atoms with van der Waals surface area (Å²) in [7, 11) is -2.98. The van der Waals surface area contributed by atoms with Crippen molar-refractivity contribution in [1.29, 1.82) is 0 Å². The van der Waals surface area contributed by atoms with Crippen LogP contribution >= 0.6 is 35.0 Å². The van der Waals surface area contributed by atoms with Crippen LogP contribution in [-0.2, 0) is 9.84 Å². The molecule has 0 spiro atoms. The molecule has 1 unspecified atom stereocenters. The molecule has 1 saturated heterocycles. The molecule has 1 fully saturated rings. The predicted octanol–water partition coefficient (Wildman–Crippen LogP) is 4.75. The number of hydrogen-bond acceptors (Lipinski definition) is 4. The maximum Gasteiger partial charge on any atom is 0.174 e. The van der Waals surface area contributed by atoms with E-state index in [1.165, 1.54) is 11.8 Å². The normalized spacial score (nSPS) is 19.0. The fourth-order valence-corrected chi connectivity index (χ4v) is 6.49. The van der Waals surface area contributed by atoms with Gasteiger partial charge in [0.25, 0.3) is 0 Å². The van der Waals surface area contributed by atoms with Crippen molar-refractivity contribution in [2.45, 2.75) is 31.2 Å². The van der Waals surface area contributed by atoms with Gasteiger partial charge in [-0.25, -0.2) is 8.42 Å². The molecule has 1 aliphatic heterocycles. The fourth-order valence-electron chi connectivity index (χ4n) is 3.41. The van der Waals surface area contributed by atoms with Crippen LogP contribution < -0.4 is 0 Å². The lowest BCUT2D eigenvalue weighted by molar-refractivity contribution is 0.102. The van der Waals surface area contributed by atoms with Crippen LogP contribution in [0, 0.1) is 13.8 Å². The minimum atomic E-state index is -2.98. The molecule has 0 bridgehead atoms. The summed E-state index contributed by atoms with van der Waals surface area (Å²) in [6.45, 7) is 3.79. The van der Waals surface area contributed by atoms with Gasteiger partial charge in [0.05, 0.1) is 22.3 Å². The van der Waals surface area contributed by atoms with E-state index in [1.807, 2.05) is 24.5 Å². The number of hydrogen-bond donors (Lipinski definition) is 0. The molecule has 0 radical (unpaired) electrons. The summed E-state index contributed by atoms with van der Waals surface area (Å²) in [5, 5.41) is 1.14. The Morgan fingerprint density at radius 3 is 2.65 bits per heavy atom. The average molecular weight is 432 g/mol. The van der Waals surface area contributed by atoms with Gasteiger partial charge in [0, 0.05) is 32.9 Å². The van der Waals surface area contributed by atoms with Gasteiger partial charge < -0.3 is 4.57 Å². The number of benzene rings is 1. The van der Waals surface area contributed by atoms with E-state index in [0.29, 0.717) is 22.0 Å². The van der Waals surface area contributed by atoms with Crippen LogP contribution in [0.3, 0.4) is 0 Å². The zero-order valence-electron chi connectivity index (χ0n) is 14.5. The lowest BCUT2D eigenvalue weighted by atomic mass is 10.2. The Morgan fingerprint density at radius 1 is 1.27 bits per heavy atom. The Morgan fingerprint density at radius 2 is 2.00 bits per heavy atom. The molecular formula is C18H19Cl2NO3S2. The molecule has 1 aromatic carbocycles. The van der Waals surface area contributed by atoms with E-state index in [-0.39, 0.29) is 29.1 Å². The van der Waals surface area contributed by atoms with E-state index in [0.717, 1.165) is 16.3 Å². The fraction of sp³-hybridized carbons (Fsp3) is 0.389. The molecule has 0 N–H and O–H groups in total. The number of carbonyl (C=O) groups excluding carboxylic acids is 1. The van der Waals surface area contributed by atoms with Crippen molar-refractivity contribution >= 4 is 50.6 Å². The van der Waals surface area contributed by atoms with E-state index >= 15 is 0 Å². The maximum atomic E-state index is 12.7.